The molecule has 0 bridgehead atoms. The highest BCUT2D eigenvalue weighted by Crippen LogP contribution is 2.61. The molecule has 1 unspecified atom stereocenters. The first-order chi connectivity index (χ1) is 9.48. The molecule has 0 aliphatic rings. The summed E-state index contributed by atoms with van der Waals surface area (Å²) in [5, 5.41) is 0.514. The SMILES string of the molecule is CCOP(=O)(OCC)C(C(=O)OC)c1ccc(Cl)cc1. The Balaban J connectivity index is 3.26. The van der Waals surface area contributed by atoms with Gasteiger partial charge >= 0.3 is 13.6 Å². The number of esters is 1. The number of hydrogen-bond donors (Lipinski definition) is 0. The third kappa shape index (κ3) is 4.06. The van der Waals surface area contributed by atoms with Gasteiger partial charge in [-0.3, -0.25) is 9.36 Å². The van der Waals surface area contributed by atoms with E-state index in [1.54, 1.807) is 38.1 Å². The highest BCUT2D eigenvalue weighted by atomic mass is 35.5. The third-order valence-electron chi connectivity index (χ3n) is 2.54. The molecule has 0 saturated heterocycles. The van der Waals surface area contributed by atoms with Gasteiger partial charge in [-0.2, -0.15) is 0 Å². The van der Waals surface area contributed by atoms with E-state index in [0.29, 0.717) is 10.6 Å². The second kappa shape index (κ2) is 7.79. The molecule has 1 atom stereocenters. The summed E-state index contributed by atoms with van der Waals surface area (Å²) in [5.74, 6) is -0.669. The van der Waals surface area contributed by atoms with E-state index in [2.05, 4.69) is 0 Å². The van der Waals surface area contributed by atoms with E-state index in [4.69, 9.17) is 25.4 Å². The lowest BCUT2D eigenvalue weighted by Gasteiger charge is -2.24. The summed E-state index contributed by atoms with van der Waals surface area (Å²) >= 11 is 5.82. The van der Waals surface area contributed by atoms with E-state index in [9.17, 15) is 9.36 Å². The summed E-state index contributed by atoms with van der Waals surface area (Å²) in [4.78, 5) is 12.0. The Hall–Kier alpha value is -0.870. The average Bonchev–Trinajstić information content (AvgIpc) is 2.41. The Kier molecular flexibility index (Phi) is 6.69. The summed E-state index contributed by atoms with van der Waals surface area (Å²) in [6.07, 6.45) is 0. The van der Waals surface area contributed by atoms with Gasteiger partial charge in [0.1, 0.15) is 0 Å². The molecular weight excluding hydrogens is 303 g/mol. The van der Waals surface area contributed by atoms with E-state index in [-0.39, 0.29) is 13.2 Å². The normalized spacial score (nSPS) is 13.0. The van der Waals surface area contributed by atoms with Gasteiger partial charge in [-0.15, -0.1) is 0 Å². The zero-order chi connectivity index (χ0) is 15.2. The number of hydrogen-bond acceptors (Lipinski definition) is 5. The van der Waals surface area contributed by atoms with Crippen LogP contribution in [-0.4, -0.2) is 26.3 Å². The van der Waals surface area contributed by atoms with Crippen molar-refractivity contribution in [3.63, 3.8) is 0 Å². The monoisotopic (exact) mass is 320 g/mol. The van der Waals surface area contributed by atoms with Crippen LogP contribution < -0.4 is 0 Å². The van der Waals surface area contributed by atoms with Crippen molar-refractivity contribution in [3.05, 3.63) is 34.9 Å². The third-order valence-corrected chi connectivity index (χ3v) is 5.17. The molecule has 1 rings (SSSR count). The van der Waals surface area contributed by atoms with Crippen molar-refractivity contribution in [1.82, 2.24) is 0 Å². The van der Waals surface area contributed by atoms with Gasteiger partial charge in [0.2, 0.25) is 0 Å². The number of benzene rings is 1. The molecule has 7 heteroatoms. The maximum atomic E-state index is 12.8. The van der Waals surface area contributed by atoms with E-state index >= 15 is 0 Å². The van der Waals surface area contributed by atoms with Gasteiger partial charge in [0.15, 0.2) is 5.66 Å². The van der Waals surface area contributed by atoms with Crippen molar-refractivity contribution in [2.75, 3.05) is 20.3 Å². The fourth-order valence-corrected chi connectivity index (χ4v) is 3.87. The zero-order valence-electron chi connectivity index (χ0n) is 11.7. The lowest BCUT2D eigenvalue weighted by molar-refractivity contribution is -0.140. The molecular formula is C13H18ClO5P. The first kappa shape index (κ1) is 17.2. The van der Waals surface area contributed by atoms with Crippen molar-refractivity contribution >= 4 is 25.2 Å². The lowest BCUT2D eigenvalue weighted by atomic mass is 10.1. The minimum atomic E-state index is -3.66. The van der Waals surface area contributed by atoms with Crippen molar-refractivity contribution in [3.8, 4) is 0 Å². The molecule has 112 valence electrons. The summed E-state index contributed by atoms with van der Waals surface area (Å²) in [6, 6.07) is 6.42. The van der Waals surface area contributed by atoms with E-state index < -0.39 is 19.2 Å². The molecule has 0 heterocycles. The summed E-state index contributed by atoms with van der Waals surface area (Å²) in [7, 11) is -2.43. The van der Waals surface area contributed by atoms with Crippen LogP contribution in [0.5, 0.6) is 0 Å². The average molecular weight is 321 g/mol. The lowest BCUT2D eigenvalue weighted by Crippen LogP contribution is -2.17. The molecule has 1 aromatic carbocycles. The van der Waals surface area contributed by atoms with Crippen molar-refractivity contribution < 1.29 is 23.1 Å². The molecule has 0 fully saturated rings. The van der Waals surface area contributed by atoms with Gasteiger partial charge in [-0.1, -0.05) is 23.7 Å². The summed E-state index contributed by atoms with van der Waals surface area (Å²) in [6.45, 7) is 3.69. The van der Waals surface area contributed by atoms with Crippen LogP contribution in [0.25, 0.3) is 0 Å². The minimum absolute atomic E-state index is 0.165. The minimum Gasteiger partial charge on any atom is -0.468 e. The smallest absolute Gasteiger partial charge is 0.349 e. The standard InChI is InChI=1S/C13H18ClO5P/c1-4-18-20(16,19-5-2)12(13(15)17-3)10-6-8-11(14)9-7-10/h6-9,12H,4-5H2,1-3H3. The van der Waals surface area contributed by atoms with Crippen LogP contribution in [0, 0.1) is 0 Å². The van der Waals surface area contributed by atoms with Gasteiger partial charge < -0.3 is 13.8 Å². The predicted octanol–water partition coefficient (Wildman–Crippen LogP) is 3.82. The Morgan fingerprint density at radius 1 is 1.20 bits per heavy atom. The number of carbonyl (C=O) groups is 1. The molecule has 0 aliphatic heterocycles. The second-order valence-corrected chi connectivity index (χ2v) is 6.40. The number of carbonyl (C=O) groups excluding carboxylic acids is 1. The molecule has 0 N–H and O–H groups in total. The van der Waals surface area contributed by atoms with Crippen LogP contribution in [0.4, 0.5) is 0 Å². The van der Waals surface area contributed by atoms with Crippen LogP contribution in [0.15, 0.2) is 24.3 Å². The Morgan fingerprint density at radius 3 is 2.10 bits per heavy atom. The van der Waals surface area contributed by atoms with Gasteiger partial charge in [-0.05, 0) is 31.5 Å². The topological polar surface area (TPSA) is 61.8 Å². The van der Waals surface area contributed by atoms with Crippen LogP contribution in [0.2, 0.25) is 5.02 Å². The molecule has 0 spiro atoms. The maximum Gasteiger partial charge on any atom is 0.349 e. The molecule has 0 saturated carbocycles. The molecule has 0 amide bonds. The highest BCUT2D eigenvalue weighted by molar-refractivity contribution is 7.55. The first-order valence-electron chi connectivity index (χ1n) is 6.20. The number of ether oxygens (including phenoxy) is 1. The predicted molar refractivity (Wildman–Crippen MR) is 77.1 cm³/mol. The van der Waals surface area contributed by atoms with Gasteiger partial charge in [0, 0.05) is 5.02 Å². The number of halogens is 1. The van der Waals surface area contributed by atoms with Gasteiger partial charge in [0.05, 0.1) is 20.3 Å². The molecule has 20 heavy (non-hydrogen) atoms. The van der Waals surface area contributed by atoms with E-state index in [0.717, 1.165) is 0 Å². The van der Waals surface area contributed by atoms with Crippen molar-refractivity contribution in [1.29, 1.82) is 0 Å². The highest BCUT2D eigenvalue weighted by Gasteiger charge is 2.43. The fraction of sp³-hybridized carbons (Fsp3) is 0.462. The number of methoxy groups -OCH3 is 1. The van der Waals surface area contributed by atoms with Crippen LogP contribution in [0.1, 0.15) is 25.1 Å². The Morgan fingerprint density at radius 2 is 1.70 bits per heavy atom. The summed E-state index contributed by atoms with van der Waals surface area (Å²) in [5.41, 5.74) is -0.642. The fourth-order valence-electron chi connectivity index (χ4n) is 1.75. The molecule has 0 radical (unpaired) electrons. The summed E-state index contributed by atoms with van der Waals surface area (Å²) < 4.78 is 28.0. The number of rotatable bonds is 7. The Bertz CT molecular complexity index is 478. The zero-order valence-corrected chi connectivity index (χ0v) is 13.3. The Labute approximate surface area is 123 Å². The molecule has 0 aliphatic carbocycles. The van der Waals surface area contributed by atoms with Crippen LogP contribution in [0.3, 0.4) is 0 Å². The second-order valence-electron chi connectivity index (χ2n) is 3.85. The van der Waals surface area contributed by atoms with Crippen LogP contribution in [-0.2, 0) is 23.1 Å². The first-order valence-corrected chi connectivity index (χ1v) is 8.19. The van der Waals surface area contributed by atoms with Crippen molar-refractivity contribution in [2.45, 2.75) is 19.5 Å². The maximum absolute atomic E-state index is 12.8. The molecule has 0 aromatic heterocycles. The van der Waals surface area contributed by atoms with Crippen LogP contribution >= 0.6 is 19.2 Å². The van der Waals surface area contributed by atoms with E-state index in [1.807, 2.05) is 0 Å². The molecule has 1 aromatic rings. The van der Waals surface area contributed by atoms with Gasteiger partial charge in [-0.25, -0.2) is 0 Å². The largest absolute Gasteiger partial charge is 0.468 e. The quantitative estimate of drug-likeness (QED) is 0.564. The van der Waals surface area contributed by atoms with Crippen molar-refractivity contribution in [2.24, 2.45) is 0 Å². The van der Waals surface area contributed by atoms with Gasteiger partial charge in [0.25, 0.3) is 0 Å². The van der Waals surface area contributed by atoms with E-state index in [1.165, 1.54) is 7.11 Å². The molecule has 5 nitrogen and oxygen atoms in total.